The number of ether oxygens (including phenoxy) is 1. The average Bonchev–Trinajstić information content (AvgIpc) is 3.07. The number of nitrogens with zero attached hydrogens (tertiary/aromatic N) is 3. The highest BCUT2D eigenvalue weighted by atomic mass is 32.2. The second-order valence-electron chi connectivity index (χ2n) is 6.24. The maximum absolute atomic E-state index is 12.2. The lowest BCUT2D eigenvalue weighted by atomic mass is 10.1. The highest BCUT2D eigenvalue weighted by Gasteiger charge is 2.12. The van der Waals surface area contributed by atoms with Crippen LogP contribution in [0.5, 0.6) is 5.75 Å². The molecule has 0 unspecified atom stereocenters. The van der Waals surface area contributed by atoms with Gasteiger partial charge in [-0.25, -0.2) is 0 Å². The number of aryl methyl sites for hydroxylation is 2. The molecule has 3 rings (SSSR count). The summed E-state index contributed by atoms with van der Waals surface area (Å²) in [5.41, 5.74) is 2.02. The number of benzene rings is 2. The van der Waals surface area contributed by atoms with Crippen LogP contribution in [-0.2, 0) is 24.7 Å². The maximum atomic E-state index is 12.2. The van der Waals surface area contributed by atoms with Crippen molar-refractivity contribution in [1.82, 2.24) is 14.8 Å². The van der Waals surface area contributed by atoms with Crippen LogP contribution >= 0.6 is 11.8 Å². The lowest BCUT2D eigenvalue weighted by Crippen LogP contribution is -2.14. The number of thioether (sulfide) groups is 1. The van der Waals surface area contributed by atoms with E-state index in [9.17, 15) is 4.79 Å². The number of anilines is 1. The SMILES string of the molecule is CCOc1ccc(NC(=O)CSc2nnc(CCc3ccccc3)n2C)cc1. The van der Waals surface area contributed by atoms with E-state index < -0.39 is 0 Å². The van der Waals surface area contributed by atoms with Gasteiger partial charge in [-0.15, -0.1) is 10.2 Å². The predicted molar refractivity (Wildman–Crippen MR) is 112 cm³/mol. The fraction of sp³-hybridized carbons (Fsp3) is 0.286. The summed E-state index contributed by atoms with van der Waals surface area (Å²) in [5, 5.41) is 12.1. The Hall–Kier alpha value is -2.80. The first-order valence-corrected chi connectivity index (χ1v) is 10.2. The molecular weight excluding hydrogens is 372 g/mol. The lowest BCUT2D eigenvalue weighted by molar-refractivity contribution is -0.113. The molecule has 7 heteroatoms. The van der Waals surface area contributed by atoms with E-state index >= 15 is 0 Å². The van der Waals surface area contributed by atoms with Crippen molar-refractivity contribution in [3.8, 4) is 5.75 Å². The summed E-state index contributed by atoms with van der Waals surface area (Å²) in [6.07, 6.45) is 1.72. The Morgan fingerprint density at radius 1 is 1.07 bits per heavy atom. The zero-order valence-electron chi connectivity index (χ0n) is 16.1. The molecule has 0 bridgehead atoms. The molecule has 2 aromatic carbocycles. The van der Waals surface area contributed by atoms with Gasteiger partial charge in [0.2, 0.25) is 5.91 Å². The fourth-order valence-electron chi connectivity index (χ4n) is 2.72. The van der Waals surface area contributed by atoms with Gasteiger partial charge in [0.15, 0.2) is 5.16 Å². The minimum absolute atomic E-state index is 0.0806. The van der Waals surface area contributed by atoms with Gasteiger partial charge < -0.3 is 14.6 Å². The van der Waals surface area contributed by atoms with E-state index in [1.165, 1.54) is 17.3 Å². The van der Waals surface area contributed by atoms with Gasteiger partial charge in [-0.2, -0.15) is 0 Å². The number of amides is 1. The molecule has 3 aromatic rings. The van der Waals surface area contributed by atoms with E-state index in [0.29, 0.717) is 6.61 Å². The van der Waals surface area contributed by atoms with Crippen molar-refractivity contribution in [2.75, 3.05) is 17.7 Å². The molecule has 0 spiro atoms. The zero-order chi connectivity index (χ0) is 19.8. The van der Waals surface area contributed by atoms with Gasteiger partial charge in [-0.3, -0.25) is 4.79 Å². The highest BCUT2D eigenvalue weighted by Crippen LogP contribution is 2.19. The van der Waals surface area contributed by atoms with Crippen LogP contribution in [0.25, 0.3) is 0 Å². The molecule has 0 fully saturated rings. The first kappa shape index (κ1) is 19.9. The molecule has 1 amide bonds. The van der Waals surface area contributed by atoms with Crippen molar-refractivity contribution >= 4 is 23.4 Å². The van der Waals surface area contributed by atoms with Crippen LogP contribution in [0.1, 0.15) is 18.3 Å². The molecule has 0 atom stereocenters. The normalized spacial score (nSPS) is 10.6. The summed E-state index contributed by atoms with van der Waals surface area (Å²) in [6.45, 7) is 2.56. The van der Waals surface area contributed by atoms with E-state index in [2.05, 4.69) is 27.6 Å². The largest absolute Gasteiger partial charge is 0.494 e. The minimum Gasteiger partial charge on any atom is -0.494 e. The van der Waals surface area contributed by atoms with E-state index in [1.807, 2.05) is 61.0 Å². The van der Waals surface area contributed by atoms with Gasteiger partial charge >= 0.3 is 0 Å². The standard InChI is InChI=1S/C21H24N4O2S/c1-3-27-18-12-10-17(11-13-18)22-20(26)15-28-21-24-23-19(25(21)2)14-9-16-7-5-4-6-8-16/h4-8,10-13H,3,9,14-15H2,1-2H3,(H,22,26). The molecule has 1 N–H and O–H groups in total. The van der Waals surface area contributed by atoms with Crippen molar-refractivity contribution in [3.05, 3.63) is 66.0 Å². The summed E-state index contributed by atoms with van der Waals surface area (Å²) in [6, 6.07) is 17.6. The van der Waals surface area contributed by atoms with Crippen LogP contribution in [-0.4, -0.2) is 33.0 Å². The van der Waals surface area contributed by atoms with E-state index in [1.54, 1.807) is 0 Å². The van der Waals surface area contributed by atoms with Crippen molar-refractivity contribution in [3.63, 3.8) is 0 Å². The third kappa shape index (κ3) is 5.60. The molecule has 0 aliphatic carbocycles. The van der Waals surface area contributed by atoms with Crippen LogP contribution in [0.3, 0.4) is 0 Å². The highest BCUT2D eigenvalue weighted by molar-refractivity contribution is 7.99. The van der Waals surface area contributed by atoms with Gasteiger partial charge in [0.25, 0.3) is 0 Å². The quantitative estimate of drug-likeness (QED) is 0.558. The van der Waals surface area contributed by atoms with Crippen molar-refractivity contribution in [1.29, 1.82) is 0 Å². The Morgan fingerprint density at radius 2 is 1.82 bits per heavy atom. The molecule has 0 saturated carbocycles. The molecule has 6 nitrogen and oxygen atoms in total. The minimum atomic E-state index is -0.0806. The Bertz CT molecular complexity index is 895. The smallest absolute Gasteiger partial charge is 0.234 e. The van der Waals surface area contributed by atoms with Crippen molar-refractivity contribution < 1.29 is 9.53 Å². The third-order valence-corrected chi connectivity index (χ3v) is 5.21. The fourth-order valence-corrected chi connectivity index (χ4v) is 3.45. The van der Waals surface area contributed by atoms with Gasteiger partial charge in [0.1, 0.15) is 11.6 Å². The zero-order valence-corrected chi connectivity index (χ0v) is 16.9. The molecular formula is C21H24N4O2S. The summed E-state index contributed by atoms with van der Waals surface area (Å²) < 4.78 is 7.36. The van der Waals surface area contributed by atoms with Crippen LogP contribution in [0.15, 0.2) is 59.8 Å². The topological polar surface area (TPSA) is 69.0 Å². The Morgan fingerprint density at radius 3 is 2.54 bits per heavy atom. The number of carbonyl (C=O) groups is 1. The maximum Gasteiger partial charge on any atom is 0.234 e. The number of carbonyl (C=O) groups excluding carboxylic acids is 1. The number of hydrogen-bond donors (Lipinski definition) is 1. The van der Waals surface area contributed by atoms with Crippen molar-refractivity contribution in [2.24, 2.45) is 7.05 Å². The number of nitrogens with one attached hydrogen (secondary N) is 1. The van der Waals surface area contributed by atoms with E-state index in [0.717, 1.165) is 35.3 Å². The van der Waals surface area contributed by atoms with Gasteiger partial charge in [-0.05, 0) is 43.2 Å². The second kappa shape index (κ2) is 9.94. The van der Waals surface area contributed by atoms with E-state index in [4.69, 9.17) is 4.74 Å². The number of hydrogen-bond acceptors (Lipinski definition) is 5. The lowest BCUT2D eigenvalue weighted by Gasteiger charge is -2.07. The summed E-state index contributed by atoms with van der Waals surface area (Å²) in [4.78, 5) is 12.2. The Labute approximate surface area is 169 Å². The molecule has 28 heavy (non-hydrogen) atoms. The van der Waals surface area contributed by atoms with Crippen molar-refractivity contribution in [2.45, 2.75) is 24.9 Å². The Balaban J connectivity index is 1.48. The predicted octanol–water partition coefficient (Wildman–Crippen LogP) is 3.73. The Kier molecular flexibility index (Phi) is 7.08. The van der Waals surface area contributed by atoms with E-state index in [-0.39, 0.29) is 11.7 Å². The molecule has 1 aromatic heterocycles. The third-order valence-electron chi connectivity index (χ3n) is 4.19. The molecule has 0 aliphatic heterocycles. The molecule has 0 aliphatic rings. The van der Waals surface area contributed by atoms with Gasteiger partial charge in [0.05, 0.1) is 12.4 Å². The summed E-state index contributed by atoms with van der Waals surface area (Å²) in [5.74, 6) is 1.90. The second-order valence-corrected chi connectivity index (χ2v) is 7.18. The molecule has 1 heterocycles. The molecule has 0 radical (unpaired) electrons. The van der Waals surface area contributed by atoms with Crippen LogP contribution < -0.4 is 10.1 Å². The summed E-state index contributed by atoms with van der Waals surface area (Å²) in [7, 11) is 1.94. The summed E-state index contributed by atoms with van der Waals surface area (Å²) >= 11 is 1.38. The first-order chi connectivity index (χ1) is 13.7. The first-order valence-electron chi connectivity index (χ1n) is 9.23. The van der Waals surface area contributed by atoms with Gasteiger partial charge in [-0.1, -0.05) is 42.1 Å². The average molecular weight is 397 g/mol. The number of aromatic nitrogens is 3. The van der Waals surface area contributed by atoms with Crippen LogP contribution in [0.2, 0.25) is 0 Å². The number of rotatable bonds is 9. The van der Waals surface area contributed by atoms with Crippen LogP contribution in [0, 0.1) is 0 Å². The van der Waals surface area contributed by atoms with Gasteiger partial charge in [0, 0.05) is 19.2 Å². The van der Waals surface area contributed by atoms with Crippen LogP contribution in [0.4, 0.5) is 5.69 Å². The monoisotopic (exact) mass is 396 g/mol. The molecule has 0 saturated heterocycles. The molecule has 146 valence electrons.